The minimum atomic E-state index is 0.616. The highest BCUT2D eigenvalue weighted by Crippen LogP contribution is 2.37. The monoisotopic (exact) mass is 249 g/mol. The number of hydrogen-bond donors (Lipinski definition) is 1. The summed E-state index contributed by atoms with van der Waals surface area (Å²) in [5.41, 5.74) is 8.27. The average molecular weight is 250 g/mol. The second kappa shape index (κ2) is 4.09. The van der Waals surface area contributed by atoms with E-state index in [1.807, 2.05) is 12.1 Å². The number of fused-ring (bicyclic) bond motifs is 2. The Bertz CT molecular complexity index is 617. The maximum Gasteiger partial charge on any atom is 0.153 e. The van der Waals surface area contributed by atoms with Crippen molar-refractivity contribution in [3.05, 3.63) is 35.2 Å². The highest BCUT2D eigenvalue weighted by molar-refractivity contribution is 6.40. The maximum absolute atomic E-state index is 6.28. The zero-order valence-electron chi connectivity index (χ0n) is 9.20. The van der Waals surface area contributed by atoms with E-state index in [-0.39, 0.29) is 0 Å². The molecule has 3 aromatic rings. The van der Waals surface area contributed by atoms with Crippen LogP contribution in [0.15, 0.2) is 33.5 Å². The highest BCUT2D eigenvalue weighted by atomic mass is 35.5. The van der Waals surface area contributed by atoms with E-state index in [2.05, 4.69) is 0 Å². The van der Waals surface area contributed by atoms with Crippen molar-refractivity contribution in [2.45, 2.75) is 12.8 Å². The Hall–Kier alpha value is -1.45. The van der Waals surface area contributed by atoms with Gasteiger partial charge in [0.2, 0.25) is 0 Å². The summed E-state index contributed by atoms with van der Waals surface area (Å²) in [6.07, 6.45) is 5.09. The van der Waals surface area contributed by atoms with Crippen LogP contribution in [0.1, 0.15) is 12.0 Å². The smallest absolute Gasteiger partial charge is 0.153 e. The lowest BCUT2D eigenvalue weighted by Crippen LogP contribution is -2.00. The molecule has 0 aliphatic heterocycles. The van der Waals surface area contributed by atoms with Gasteiger partial charge < -0.3 is 14.6 Å². The molecule has 4 heteroatoms. The fourth-order valence-corrected chi connectivity index (χ4v) is 2.50. The zero-order valence-corrected chi connectivity index (χ0v) is 9.96. The lowest BCUT2D eigenvalue weighted by atomic mass is 10.0. The van der Waals surface area contributed by atoms with E-state index in [0.717, 1.165) is 40.3 Å². The molecule has 0 bridgehead atoms. The van der Waals surface area contributed by atoms with Crippen LogP contribution in [0.4, 0.5) is 0 Å². The Morgan fingerprint density at radius 3 is 2.53 bits per heavy atom. The first-order valence-corrected chi connectivity index (χ1v) is 5.95. The molecule has 0 unspecified atom stereocenters. The Kier molecular flexibility index (Phi) is 2.57. The van der Waals surface area contributed by atoms with Gasteiger partial charge in [-0.2, -0.15) is 0 Å². The van der Waals surface area contributed by atoms with E-state index < -0.39 is 0 Å². The number of furan rings is 2. The van der Waals surface area contributed by atoms with Gasteiger partial charge in [0.15, 0.2) is 5.58 Å². The van der Waals surface area contributed by atoms with E-state index >= 15 is 0 Å². The molecule has 0 saturated carbocycles. The Labute approximate surface area is 103 Å². The summed E-state index contributed by atoms with van der Waals surface area (Å²) < 4.78 is 11.0. The molecule has 17 heavy (non-hydrogen) atoms. The summed E-state index contributed by atoms with van der Waals surface area (Å²) in [4.78, 5) is 0. The molecule has 3 nitrogen and oxygen atoms in total. The van der Waals surface area contributed by atoms with Gasteiger partial charge in [-0.15, -0.1) is 0 Å². The van der Waals surface area contributed by atoms with E-state index in [0.29, 0.717) is 11.6 Å². The largest absolute Gasteiger partial charge is 0.464 e. The van der Waals surface area contributed by atoms with Gasteiger partial charge in [-0.3, -0.25) is 0 Å². The molecule has 0 aliphatic rings. The molecule has 2 heterocycles. The molecular weight excluding hydrogens is 238 g/mol. The first-order chi connectivity index (χ1) is 8.33. The van der Waals surface area contributed by atoms with Gasteiger partial charge in [0.05, 0.1) is 17.5 Å². The summed E-state index contributed by atoms with van der Waals surface area (Å²) in [5.74, 6) is 0. The summed E-state index contributed by atoms with van der Waals surface area (Å²) in [7, 11) is 0. The van der Waals surface area contributed by atoms with Crippen molar-refractivity contribution in [1.29, 1.82) is 0 Å². The summed E-state index contributed by atoms with van der Waals surface area (Å²) in [6, 6.07) is 3.79. The third-order valence-corrected chi connectivity index (χ3v) is 3.37. The van der Waals surface area contributed by atoms with Gasteiger partial charge >= 0.3 is 0 Å². The molecule has 0 amide bonds. The SMILES string of the molecule is NCCCc1c2ccoc2c(Cl)c2ccoc12. The van der Waals surface area contributed by atoms with E-state index in [4.69, 9.17) is 26.2 Å². The predicted molar refractivity (Wildman–Crippen MR) is 68.4 cm³/mol. The zero-order chi connectivity index (χ0) is 11.8. The van der Waals surface area contributed by atoms with Crippen LogP contribution in [0.2, 0.25) is 5.02 Å². The first-order valence-electron chi connectivity index (χ1n) is 5.57. The van der Waals surface area contributed by atoms with Crippen LogP contribution in [0.5, 0.6) is 0 Å². The molecule has 3 rings (SSSR count). The Balaban J connectivity index is 2.35. The van der Waals surface area contributed by atoms with Gasteiger partial charge in [-0.1, -0.05) is 11.6 Å². The standard InChI is InChI=1S/C13H12ClNO2/c14-11-10-4-7-16-12(10)8(2-1-5-15)9-3-6-17-13(9)11/h3-4,6-7H,1-2,5,15H2. The van der Waals surface area contributed by atoms with Crippen LogP contribution in [-0.2, 0) is 6.42 Å². The van der Waals surface area contributed by atoms with Crippen LogP contribution in [0.3, 0.4) is 0 Å². The normalized spacial score (nSPS) is 11.6. The third kappa shape index (κ3) is 1.54. The van der Waals surface area contributed by atoms with Crippen LogP contribution in [-0.4, -0.2) is 6.54 Å². The lowest BCUT2D eigenvalue weighted by Gasteiger charge is -2.05. The highest BCUT2D eigenvalue weighted by Gasteiger charge is 2.16. The molecular formula is C13H12ClNO2. The molecule has 88 valence electrons. The third-order valence-electron chi connectivity index (χ3n) is 3.00. The average Bonchev–Trinajstić information content (AvgIpc) is 2.97. The van der Waals surface area contributed by atoms with Crippen molar-refractivity contribution >= 4 is 33.5 Å². The second-order valence-corrected chi connectivity index (χ2v) is 4.39. The number of nitrogens with two attached hydrogens (primary N) is 1. The van der Waals surface area contributed by atoms with Crippen molar-refractivity contribution in [3.63, 3.8) is 0 Å². The molecule has 0 aliphatic carbocycles. The fourth-order valence-electron chi connectivity index (χ4n) is 2.20. The van der Waals surface area contributed by atoms with Gasteiger partial charge in [-0.25, -0.2) is 0 Å². The van der Waals surface area contributed by atoms with Crippen LogP contribution >= 0.6 is 11.6 Å². The molecule has 2 aromatic heterocycles. The van der Waals surface area contributed by atoms with Gasteiger partial charge in [0.25, 0.3) is 0 Å². The predicted octanol–water partition coefficient (Wildman–Crippen LogP) is 3.72. The molecule has 0 radical (unpaired) electrons. The number of halogens is 1. The second-order valence-electron chi connectivity index (χ2n) is 4.01. The van der Waals surface area contributed by atoms with E-state index in [9.17, 15) is 0 Å². The maximum atomic E-state index is 6.28. The minimum absolute atomic E-state index is 0.616. The summed E-state index contributed by atoms with van der Waals surface area (Å²) in [6.45, 7) is 0.657. The topological polar surface area (TPSA) is 52.3 Å². The summed E-state index contributed by atoms with van der Waals surface area (Å²) >= 11 is 6.28. The van der Waals surface area contributed by atoms with Crippen molar-refractivity contribution in [2.24, 2.45) is 5.73 Å². The molecule has 0 fully saturated rings. The van der Waals surface area contributed by atoms with Gasteiger partial charge in [0, 0.05) is 16.3 Å². The summed E-state index contributed by atoms with van der Waals surface area (Å²) in [5, 5.41) is 2.54. The number of aryl methyl sites for hydroxylation is 1. The van der Waals surface area contributed by atoms with E-state index in [1.165, 1.54) is 0 Å². The first kappa shape index (κ1) is 10.7. The molecule has 2 N–H and O–H groups in total. The number of hydrogen-bond acceptors (Lipinski definition) is 3. The van der Waals surface area contributed by atoms with Crippen LogP contribution < -0.4 is 5.73 Å². The van der Waals surface area contributed by atoms with Crippen LogP contribution in [0, 0.1) is 0 Å². The van der Waals surface area contributed by atoms with Gasteiger partial charge in [-0.05, 0) is 31.5 Å². The molecule has 0 atom stereocenters. The molecule has 0 saturated heterocycles. The van der Waals surface area contributed by atoms with Gasteiger partial charge in [0.1, 0.15) is 5.58 Å². The fraction of sp³-hybridized carbons (Fsp3) is 0.231. The van der Waals surface area contributed by atoms with Crippen molar-refractivity contribution in [1.82, 2.24) is 0 Å². The van der Waals surface area contributed by atoms with Crippen molar-refractivity contribution in [3.8, 4) is 0 Å². The number of benzene rings is 1. The van der Waals surface area contributed by atoms with Crippen molar-refractivity contribution in [2.75, 3.05) is 6.54 Å². The van der Waals surface area contributed by atoms with Crippen LogP contribution in [0.25, 0.3) is 21.9 Å². The lowest BCUT2D eigenvalue weighted by molar-refractivity contribution is 0.607. The minimum Gasteiger partial charge on any atom is -0.464 e. The van der Waals surface area contributed by atoms with E-state index in [1.54, 1.807) is 12.5 Å². The Morgan fingerprint density at radius 2 is 1.76 bits per heavy atom. The van der Waals surface area contributed by atoms with Crippen molar-refractivity contribution < 1.29 is 8.83 Å². The molecule has 0 spiro atoms. The number of rotatable bonds is 3. The molecule has 1 aromatic carbocycles. The Morgan fingerprint density at radius 1 is 1.06 bits per heavy atom. The quantitative estimate of drug-likeness (QED) is 0.770.